The maximum absolute atomic E-state index is 13.8. The lowest BCUT2D eigenvalue weighted by Gasteiger charge is -2.27. The van der Waals surface area contributed by atoms with Crippen LogP contribution in [0.2, 0.25) is 0 Å². The Morgan fingerprint density at radius 3 is 1.40 bits per heavy atom. The summed E-state index contributed by atoms with van der Waals surface area (Å²) in [4.78, 5) is 11.2. The quantitative estimate of drug-likeness (QED) is 0.387. The Labute approximate surface area is 113 Å². The number of halogens is 4. The molecule has 0 aromatic rings. The third-order valence-corrected chi connectivity index (χ3v) is 2.20. The predicted molar refractivity (Wildman–Crippen MR) is 65.8 cm³/mol. The van der Waals surface area contributed by atoms with E-state index < -0.39 is 30.2 Å². The topological polar surface area (TPSA) is 35.5 Å². The summed E-state index contributed by atoms with van der Waals surface area (Å²) in [5, 5.41) is 0. The van der Waals surface area contributed by atoms with E-state index in [1.807, 2.05) is 0 Å². The number of ether oxygens (including phenoxy) is 2. The van der Waals surface area contributed by atoms with Crippen molar-refractivity contribution in [2.45, 2.75) is 24.1 Å². The van der Waals surface area contributed by atoms with Crippen molar-refractivity contribution in [3.63, 3.8) is 0 Å². The summed E-state index contributed by atoms with van der Waals surface area (Å²) in [7, 11) is 0. The van der Waals surface area contributed by atoms with Crippen molar-refractivity contribution >= 4 is 6.16 Å². The van der Waals surface area contributed by atoms with Gasteiger partial charge in [-0.15, -0.1) is 0 Å². The summed E-state index contributed by atoms with van der Waals surface area (Å²) in [6, 6.07) is 0. The number of alkyl halides is 4. The van der Waals surface area contributed by atoms with Crippen molar-refractivity contribution in [3.8, 4) is 0 Å². The van der Waals surface area contributed by atoms with Crippen LogP contribution in [0.25, 0.3) is 0 Å². The number of carbonyl (C=O) groups excluding carboxylic acids is 1. The molecule has 0 fully saturated rings. The maximum atomic E-state index is 13.8. The standard InChI is InChI=1S/C13H14F4O3/c1-5-9(14)12(16,7-3)19-11(18)20-13(17,8-4)10(15)6-2/h5-10H,1-4H2. The van der Waals surface area contributed by atoms with E-state index in [2.05, 4.69) is 35.8 Å². The van der Waals surface area contributed by atoms with Gasteiger partial charge in [-0.1, -0.05) is 38.5 Å². The second-order valence-electron chi connectivity index (χ2n) is 3.53. The summed E-state index contributed by atoms with van der Waals surface area (Å²) in [6.45, 7) is 11.8. The molecule has 3 nitrogen and oxygen atoms in total. The Morgan fingerprint density at radius 2 is 1.20 bits per heavy atom. The molecule has 0 heterocycles. The predicted octanol–water partition coefficient (Wildman–Crippen LogP) is 3.89. The van der Waals surface area contributed by atoms with Gasteiger partial charge in [-0.2, -0.15) is 8.78 Å². The van der Waals surface area contributed by atoms with Gasteiger partial charge in [0.1, 0.15) is 0 Å². The van der Waals surface area contributed by atoms with E-state index in [1.165, 1.54) is 0 Å². The van der Waals surface area contributed by atoms with Gasteiger partial charge in [0.2, 0.25) is 0 Å². The minimum Gasteiger partial charge on any atom is -0.390 e. The highest BCUT2D eigenvalue weighted by Crippen LogP contribution is 2.28. The zero-order valence-electron chi connectivity index (χ0n) is 10.5. The Kier molecular flexibility index (Phi) is 6.22. The molecule has 4 unspecified atom stereocenters. The number of rotatable bonds is 8. The number of hydrogen-bond donors (Lipinski definition) is 0. The molecule has 0 aromatic carbocycles. The van der Waals surface area contributed by atoms with Crippen molar-refractivity contribution in [1.82, 2.24) is 0 Å². The van der Waals surface area contributed by atoms with Crippen LogP contribution in [0.5, 0.6) is 0 Å². The first-order valence-electron chi connectivity index (χ1n) is 5.29. The lowest BCUT2D eigenvalue weighted by molar-refractivity contribution is -0.163. The van der Waals surface area contributed by atoms with E-state index >= 15 is 0 Å². The summed E-state index contributed by atoms with van der Waals surface area (Å²) in [6.07, 6.45) is -5.32. The SMILES string of the molecule is C=CC(F)C(F)(C=C)OC(=O)OC(F)(C=C)C(F)C=C. The molecule has 7 heteroatoms. The Morgan fingerprint density at radius 1 is 0.900 bits per heavy atom. The first kappa shape index (κ1) is 17.9. The van der Waals surface area contributed by atoms with E-state index in [9.17, 15) is 22.4 Å². The van der Waals surface area contributed by atoms with Crippen LogP contribution in [-0.2, 0) is 9.47 Å². The fraction of sp³-hybridized carbons (Fsp3) is 0.308. The van der Waals surface area contributed by atoms with Crippen LogP contribution < -0.4 is 0 Å². The molecule has 20 heavy (non-hydrogen) atoms. The van der Waals surface area contributed by atoms with Gasteiger partial charge in [0.05, 0.1) is 0 Å². The van der Waals surface area contributed by atoms with E-state index in [4.69, 9.17) is 0 Å². The fourth-order valence-electron chi connectivity index (χ4n) is 1.02. The molecule has 4 atom stereocenters. The zero-order valence-corrected chi connectivity index (χ0v) is 10.5. The van der Waals surface area contributed by atoms with Crippen molar-refractivity contribution in [3.05, 3.63) is 50.6 Å². The molecule has 0 aromatic heterocycles. The van der Waals surface area contributed by atoms with Crippen molar-refractivity contribution in [2.24, 2.45) is 0 Å². The van der Waals surface area contributed by atoms with Gasteiger partial charge in [-0.25, -0.2) is 13.6 Å². The van der Waals surface area contributed by atoms with E-state index in [0.717, 1.165) is 0 Å². The highest BCUT2D eigenvalue weighted by molar-refractivity contribution is 5.62. The molecule has 0 bridgehead atoms. The molecule has 112 valence electrons. The van der Waals surface area contributed by atoms with Gasteiger partial charge in [0.15, 0.2) is 12.3 Å². The molecule has 0 spiro atoms. The molecule has 0 rings (SSSR count). The molecule has 0 aliphatic rings. The Hall–Kier alpha value is -2.05. The van der Waals surface area contributed by atoms with E-state index in [0.29, 0.717) is 24.3 Å². The van der Waals surface area contributed by atoms with E-state index in [1.54, 1.807) is 0 Å². The molecule has 0 N–H and O–H groups in total. The van der Waals surface area contributed by atoms with Crippen LogP contribution in [-0.4, -0.2) is 30.2 Å². The van der Waals surface area contributed by atoms with Gasteiger partial charge < -0.3 is 9.47 Å². The second-order valence-corrected chi connectivity index (χ2v) is 3.53. The molecule has 0 aliphatic heterocycles. The summed E-state index contributed by atoms with van der Waals surface area (Å²) >= 11 is 0. The Bertz CT molecular complexity index is 376. The normalized spacial score (nSPS) is 19.4. The molecule has 0 aliphatic carbocycles. The fourth-order valence-corrected chi connectivity index (χ4v) is 1.02. The maximum Gasteiger partial charge on any atom is 0.514 e. The van der Waals surface area contributed by atoms with Crippen LogP contribution in [0, 0.1) is 0 Å². The third-order valence-electron chi connectivity index (χ3n) is 2.20. The molecule has 0 saturated carbocycles. The van der Waals surface area contributed by atoms with E-state index in [-0.39, 0.29) is 0 Å². The van der Waals surface area contributed by atoms with Crippen LogP contribution in [0.3, 0.4) is 0 Å². The van der Waals surface area contributed by atoms with Crippen LogP contribution >= 0.6 is 0 Å². The summed E-state index contributed by atoms with van der Waals surface area (Å²) in [5.41, 5.74) is 0. The lowest BCUT2D eigenvalue weighted by Crippen LogP contribution is -2.42. The molecular weight excluding hydrogens is 280 g/mol. The van der Waals surface area contributed by atoms with Crippen molar-refractivity contribution < 1.29 is 31.8 Å². The minimum atomic E-state index is -3.32. The highest BCUT2D eigenvalue weighted by Gasteiger charge is 2.44. The van der Waals surface area contributed by atoms with Gasteiger partial charge in [0, 0.05) is 0 Å². The van der Waals surface area contributed by atoms with Gasteiger partial charge in [-0.3, -0.25) is 0 Å². The molecule has 0 radical (unpaired) electrons. The average Bonchev–Trinajstić information content (AvgIpc) is 2.44. The zero-order chi connectivity index (χ0) is 16.0. The minimum absolute atomic E-state index is 0.314. The van der Waals surface area contributed by atoms with Crippen LogP contribution in [0.15, 0.2) is 50.6 Å². The van der Waals surface area contributed by atoms with Crippen LogP contribution in [0.4, 0.5) is 22.4 Å². The first-order chi connectivity index (χ1) is 9.19. The molecule has 0 saturated heterocycles. The number of carbonyl (C=O) groups is 1. The monoisotopic (exact) mass is 294 g/mol. The Balaban J connectivity index is 5.02. The second kappa shape index (κ2) is 6.93. The van der Waals surface area contributed by atoms with Crippen molar-refractivity contribution in [1.29, 1.82) is 0 Å². The van der Waals surface area contributed by atoms with Crippen molar-refractivity contribution in [2.75, 3.05) is 0 Å². The third kappa shape index (κ3) is 3.97. The molecule has 0 amide bonds. The summed E-state index contributed by atoms with van der Waals surface area (Å²) in [5.74, 6) is -6.64. The van der Waals surface area contributed by atoms with Crippen LogP contribution in [0.1, 0.15) is 0 Å². The number of hydrogen-bond acceptors (Lipinski definition) is 3. The molecular formula is C13H14F4O3. The van der Waals surface area contributed by atoms with Gasteiger partial charge in [-0.05, 0) is 12.2 Å². The largest absolute Gasteiger partial charge is 0.514 e. The first-order valence-corrected chi connectivity index (χ1v) is 5.29. The summed E-state index contributed by atoms with van der Waals surface area (Å²) < 4.78 is 61.8. The average molecular weight is 294 g/mol. The highest BCUT2D eigenvalue weighted by atomic mass is 19.2. The van der Waals surface area contributed by atoms with Gasteiger partial charge in [0.25, 0.3) is 0 Å². The van der Waals surface area contributed by atoms with Gasteiger partial charge >= 0.3 is 17.9 Å². The smallest absolute Gasteiger partial charge is 0.390 e. The lowest BCUT2D eigenvalue weighted by atomic mass is 10.2.